The van der Waals surface area contributed by atoms with E-state index in [4.69, 9.17) is 28.4 Å². The quantitative estimate of drug-likeness (QED) is 0.0236. The summed E-state index contributed by atoms with van der Waals surface area (Å²) in [7, 11) is 0. The van der Waals surface area contributed by atoms with E-state index in [1.807, 2.05) is 111 Å². The van der Waals surface area contributed by atoms with Crippen LogP contribution in [0.15, 0.2) is 146 Å². The average Bonchev–Trinajstić information content (AvgIpc) is 3.42. The highest BCUT2D eigenvalue weighted by Gasteiger charge is 2.15. The Bertz CT molecular complexity index is 2420. The summed E-state index contributed by atoms with van der Waals surface area (Å²) in [6, 6.07) is 45.3. The second-order valence-corrected chi connectivity index (χ2v) is 18.9. The minimum atomic E-state index is -0.306. The molecule has 0 saturated carbocycles. The van der Waals surface area contributed by atoms with Gasteiger partial charge in [-0.15, -0.1) is 0 Å². The Labute approximate surface area is 438 Å². The van der Waals surface area contributed by atoms with Crippen LogP contribution in [0.4, 0.5) is 0 Å². The van der Waals surface area contributed by atoms with Gasteiger partial charge < -0.3 is 28.4 Å². The molecule has 0 aromatic heterocycles. The topological polar surface area (TPSA) is 124 Å². The highest BCUT2D eigenvalue weighted by atomic mass is 16.6. The third kappa shape index (κ3) is 19.3. The van der Waals surface area contributed by atoms with Gasteiger partial charge in [-0.25, -0.2) is 9.59 Å². The normalized spacial score (nSPS) is 11.8. The lowest BCUT2D eigenvalue weighted by Crippen LogP contribution is -2.15. The Morgan fingerprint density at radius 1 is 0.351 bits per heavy atom. The Hall–Kier alpha value is -7.20. The molecule has 0 aliphatic rings. The molecule has 0 heterocycles. The molecule has 0 unspecified atom stereocenters. The zero-order valence-electron chi connectivity index (χ0n) is 43.8. The van der Waals surface area contributed by atoms with Crippen LogP contribution in [0.3, 0.4) is 0 Å². The molecular formula is C64H74O10. The van der Waals surface area contributed by atoms with Crippen molar-refractivity contribution in [2.24, 2.45) is 0 Å². The summed E-state index contributed by atoms with van der Waals surface area (Å²) in [5.41, 5.74) is 6.95. The molecule has 0 aliphatic carbocycles. The van der Waals surface area contributed by atoms with Gasteiger partial charge in [-0.2, -0.15) is 0 Å². The number of ether oxygens (including phenoxy) is 6. The fourth-order valence-corrected chi connectivity index (χ4v) is 8.34. The van der Waals surface area contributed by atoms with Crippen LogP contribution < -0.4 is 18.9 Å². The molecule has 10 nitrogen and oxygen atoms in total. The Balaban J connectivity index is 0.802. The van der Waals surface area contributed by atoms with Gasteiger partial charge in [0, 0.05) is 12.8 Å². The van der Waals surface area contributed by atoms with Crippen LogP contribution in [0.1, 0.15) is 151 Å². The van der Waals surface area contributed by atoms with E-state index in [9.17, 15) is 19.2 Å². The van der Waals surface area contributed by atoms with Gasteiger partial charge >= 0.3 is 23.9 Å². The summed E-state index contributed by atoms with van der Waals surface area (Å²) < 4.78 is 34.3. The first-order valence-electron chi connectivity index (χ1n) is 26.8. The van der Waals surface area contributed by atoms with Gasteiger partial charge in [0.05, 0.1) is 36.5 Å². The smallest absolute Gasteiger partial charge is 0.338 e. The van der Waals surface area contributed by atoms with Gasteiger partial charge in [0.1, 0.15) is 23.0 Å². The van der Waals surface area contributed by atoms with Crippen LogP contribution in [0.2, 0.25) is 0 Å². The number of benzene rings is 6. The monoisotopic (exact) mass is 1000 g/mol. The molecule has 0 N–H and O–H groups in total. The number of carbonyl (C=O) groups excluding carboxylic acids is 4. The lowest BCUT2D eigenvalue weighted by atomic mass is 10.0. The van der Waals surface area contributed by atoms with Gasteiger partial charge in [-0.05, 0) is 171 Å². The van der Waals surface area contributed by atoms with Crippen molar-refractivity contribution in [1.82, 2.24) is 0 Å². The van der Waals surface area contributed by atoms with E-state index in [1.54, 1.807) is 48.5 Å². The number of rotatable bonds is 31. The highest BCUT2D eigenvalue weighted by Crippen LogP contribution is 2.28. The minimum absolute atomic E-state index is 0.108. The third-order valence-corrected chi connectivity index (χ3v) is 12.8. The van der Waals surface area contributed by atoms with Crippen LogP contribution in [-0.2, 0) is 19.1 Å². The van der Waals surface area contributed by atoms with Crippen LogP contribution in [0, 0.1) is 0 Å². The van der Waals surface area contributed by atoms with Gasteiger partial charge in [-0.3, -0.25) is 9.59 Å². The van der Waals surface area contributed by atoms with Crippen molar-refractivity contribution >= 4 is 23.9 Å². The van der Waals surface area contributed by atoms with E-state index in [0.29, 0.717) is 61.5 Å². The third-order valence-electron chi connectivity index (χ3n) is 12.8. The van der Waals surface area contributed by atoms with E-state index >= 15 is 0 Å². The van der Waals surface area contributed by atoms with Crippen molar-refractivity contribution in [3.05, 3.63) is 157 Å². The first-order chi connectivity index (χ1) is 36.1. The SMILES string of the molecule is CCCCCC[C@H](C)OC(=O)c1ccc(-c2ccc(OC(=O)CCCCOc3ccc(-c4ccc(OCCCCC(=O)Oc5ccc(-c6ccc(C(=O)O[C@@H](C)CCCCCC)cc6)cc5)cc4)cc3)cc2)cc1. The largest absolute Gasteiger partial charge is 0.494 e. The summed E-state index contributed by atoms with van der Waals surface area (Å²) in [6.45, 7) is 9.22. The molecule has 10 heteroatoms. The van der Waals surface area contributed by atoms with Gasteiger partial charge in [0.15, 0.2) is 0 Å². The van der Waals surface area contributed by atoms with Gasteiger partial charge in [0.25, 0.3) is 0 Å². The molecule has 6 aromatic rings. The van der Waals surface area contributed by atoms with Crippen LogP contribution >= 0.6 is 0 Å². The molecule has 0 saturated heterocycles. The molecule has 74 heavy (non-hydrogen) atoms. The molecule has 0 spiro atoms. The van der Waals surface area contributed by atoms with Gasteiger partial charge in [0.2, 0.25) is 0 Å². The molecule has 0 radical (unpaired) electrons. The predicted octanol–water partition coefficient (Wildman–Crippen LogP) is 16.0. The molecule has 0 amide bonds. The Kier molecular flexibility index (Phi) is 23.3. The fourth-order valence-electron chi connectivity index (χ4n) is 8.34. The van der Waals surface area contributed by atoms with Crippen molar-refractivity contribution in [2.45, 2.75) is 143 Å². The molecule has 0 bridgehead atoms. The number of hydrogen-bond donors (Lipinski definition) is 0. The first-order valence-corrected chi connectivity index (χ1v) is 26.8. The summed E-state index contributed by atoms with van der Waals surface area (Å²) in [6.07, 6.45) is 14.0. The zero-order valence-corrected chi connectivity index (χ0v) is 43.8. The van der Waals surface area contributed by atoms with E-state index in [0.717, 1.165) is 83.4 Å². The molecule has 2 atom stereocenters. The predicted molar refractivity (Wildman–Crippen MR) is 293 cm³/mol. The van der Waals surface area contributed by atoms with Crippen LogP contribution in [0.25, 0.3) is 33.4 Å². The second-order valence-electron chi connectivity index (χ2n) is 18.9. The molecular weight excluding hydrogens is 929 g/mol. The van der Waals surface area contributed by atoms with Crippen LogP contribution in [-0.4, -0.2) is 49.3 Å². The second kappa shape index (κ2) is 30.7. The number of esters is 4. The summed E-state index contributed by atoms with van der Waals surface area (Å²) >= 11 is 0. The maximum atomic E-state index is 12.6. The average molecular weight is 1000 g/mol. The van der Waals surface area contributed by atoms with Gasteiger partial charge in [-0.1, -0.05) is 125 Å². The summed E-state index contributed by atoms with van der Waals surface area (Å²) in [5, 5.41) is 0. The van der Waals surface area contributed by atoms with Crippen molar-refractivity contribution < 1.29 is 47.6 Å². The van der Waals surface area contributed by atoms with E-state index in [-0.39, 0.29) is 48.9 Å². The molecule has 0 aliphatic heterocycles. The maximum absolute atomic E-state index is 12.6. The Morgan fingerprint density at radius 2 is 0.649 bits per heavy atom. The van der Waals surface area contributed by atoms with E-state index < -0.39 is 0 Å². The lowest BCUT2D eigenvalue weighted by molar-refractivity contribution is -0.135. The fraction of sp³-hybridized carbons (Fsp3) is 0.375. The number of unbranched alkanes of at least 4 members (excludes halogenated alkanes) is 8. The van der Waals surface area contributed by atoms with Crippen molar-refractivity contribution in [3.63, 3.8) is 0 Å². The van der Waals surface area contributed by atoms with Crippen LogP contribution in [0.5, 0.6) is 23.0 Å². The van der Waals surface area contributed by atoms with Crippen molar-refractivity contribution in [3.8, 4) is 56.4 Å². The minimum Gasteiger partial charge on any atom is -0.494 e. The highest BCUT2D eigenvalue weighted by molar-refractivity contribution is 5.91. The number of hydrogen-bond acceptors (Lipinski definition) is 10. The maximum Gasteiger partial charge on any atom is 0.338 e. The van der Waals surface area contributed by atoms with Crippen molar-refractivity contribution in [1.29, 1.82) is 0 Å². The Morgan fingerprint density at radius 3 is 0.959 bits per heavy atom. The molecule has 0 fully saturated rings. The molecule has 6 rings (SSSR count). The summed E-state index contributed by atoms with van der Waals surface area (Å²) in [4.78, 5) is 50.3. The van der Waals surface area contributed by atoms with Crippen molar-refractivity contribution in [2.75, 3.05) is 13.2 Å². The molecule has 6 aromatic carbocycles. The first kappa shape index (κ1) is 56.1. The number of carbonyl (C=O) groups is 4. The summed E-state index contributed by atoms with van der Waals surface area (Å²) in [5.74, 6) is 1.28. The van der Waals surface area contributed by atoms with E-state index in [2.05, 4.69) is 13.8 Å². The van der Waals surface area contributed by atoms with E-state index in [1.165, 1.54) is 25.7 Å². The standard InChI is InChI=1S/C64H74O10/c1-5-7-9-11-17-47(3)71-63(67)55-25-21-49(22-26-55)53-33-41-59(42-34-53)73-61(65)19-13-15-45-69-57-37-29-51(30-38-57)52-31-39-58(40-32-52)70-46-16-14-20-62(66)74-60-43-35-54(36-44-60)50-23-27-56(28-24-50)64(68)72-48(4)18-12-10-8-6-2/h21-44,47-48H,5-20,45-46H2,1-4H3/t47-,48-/m0/s1. The molecule has 390 valence electrons. The zero-order chi connectivity index (χ0) is 52.3. The lowest BCUT2D eigenvalue weighted by Gasteiger charge is -2.13.